The monoisotopic (exact) mass is 612 g/mol. The van der Waals surface area contributed by atoms with Crippen molar-refractivity contribution in [2.75, 3.05) is 26.9 Å². The van der Waals surface area contributed by atoms with Gasteiger partial charge in [0.15, 0.2) is 5.60 Å². The number of ether oxygens (including phenoxy) is 3. The largest absolute Gasteiger partial charge is 0.497 e. The van der Waals surface area contributed by atoms with Gasteiger partial charge in [-0.15, -0.1) is 0 Å². The number of hydrogen-bond acceptors (Lipinski definition) is 5. The van der Waals surface area contributed by atoms with Crippen LogP contribution >= 0.6 is 0 Å². The van der Waals surface area contributed by atoms with E-state index in [0.717, 1.165) is 39.3 Å². The molecule has 45 heavy (non-hydrogen) atoms. The summed E-state index contributed by atoms with van der Waals surface area (Å²) in [5.41, 5.74) is 7.37. The van der Waals surface area contributed by atoms with Gasteiger partial charge in [0.05, 0.1) is 13.7 Å². The normalized spacial score (nSPS) is 17.3. The first-order chi connectivity index (χ1) is 22.0. The van der Waals surface area contributed by atoms with Crippen LogP contribution < -0.4 is 14.2 Å². The molecule has 0 aromatic heterocycles. The maximum atomic E-state index is 7.37. The maximum absolute atomic E-state index is 7.37. The molecule has 0 amide bonds. The van der Waals surface area contributed by atoms with Crippen LogP contribution in [0.25, 0.3) is 28.0 Å². The molecule has 5 nitrogen and oxygen atoms in total. The smallest absolute Gasteiger partial charge is 0.433 e. The zero-order valence-electron chi connectivity index (χ0n) is 26.1. The van der Waals surface area contributed by atoms with E-state index in [1.807, 2.05) is 31.2 Å². The van der Waals surface area contributed by atoms with E-state index in [9.17, 15) is 0 Å². The molecule has 0 saturated heterocycles. The minimum Gasteiger partial charge on any atom is -0.497 e. The van der Waals surface area contributed by atoms with E-state index < -0.39 is 5.60 Å². The summed E-state index contributed by atoms with van der Waals surface area (Å²) in [5, 5.41) is 2.31. The molecule has 1 unspecified atom stereocenters. The van der Waals surface area contributed by atoms with E-state index in [-0.39, 0.29) is 15.4 Å². The third-order valence-electron chi connectivity index (χ3n) is 8.97. The van der Waals surface area contributed by atoms with Crippen molar-refractivity contribution < 1.29 is 23.1 Å². The molecule has 0 N–H and O–H groups in total. The number of rotatable bonds is 10. The molecule has 1 atom stereocenters. The van der Waals surface area contributed by atoms with Crippen LogP contribution in [0.3, 0.4) is 0 Å². The van der Waals surface area contributed by atoms with Gasteiger partial charge >= 0.3 is 10.0 Å². The lowest BCUT2D eigenvalue weighted by Crippen LogP contribution is -2.35. The van der Waals surface area contributed by atoms with Crippen molar-refractivity contribution >= 4 is 26.9 Å². The number of fused-ring (bicyclic) bond motifs is 8. The highest BCUT2D eigenvalue weighted by molar-refractivity contribution is 6.17. The third-order valence-corrected chi connectivity index (χ3v) is 9.69. The molecule has 7 rings (SSSR count). The lowest BCUT2D eigenvalue weighted by molar-refractivity contribution is 0.162. The summed E-state index contributed by atoms with van der Waals surface area (Å²) < 4.78 is 29.6. The zero-order valence-corrected chi connectivity index (χ0v) is 27.1. The Kier molecular flexibility index (Phi) is 7.74. The molecule has 6 heteroatoms. The van der Waals surface area contributed by atoms with Crippen LogP contribution in [-0.2, 0) is 19.9 Å². The lowest BCUT2D eigenvalue weighted by Gasteiger charge is -2.38. The average Bonchev–Trinajstić information content (AvgIpc) is 3.33. The van der Waals surface area contributed by atoms with Crippen molar-refractivity contribution in [3.8, 4) is 28.4 Å². The van der Waals surface area contributed by atoms with Gasteiger partial charge in [0.1, 0.15) is 23.9 Å². The summed E-state index contributed by atoms with van der Waals surface area (Å²) in [5.74, 6) is 2.47. The van der Waals surface area contributed by atoms with E-state index in [1.165, 1.54) is 27.6 Å². The Hall–Kier alpha value is -4.36. The fourth-order valence-electron chi connectivity index (χ4n) is 6.86. The first-order valence-corrected chi connectivity index (χ1v) is 16.2. The van der Waals surface area contributed by atoms with Gasteiger partial charge in [0.25, 0.3) is 0 Å². The average molecular weight is 613 g/mol. The van der Waals surface area contributed by atoms with E-state index in [2.05, 4.69) is 98.8 Å². The van der Waals surface area contributed by atoms with Crippen molar-refractivity contribution in [1.82, 2.24) is 0 Å². The van der Waals surface area contributed by atoms with E-state index >= 15 is 0 Å². The van der Waals surface area contributed by atoms with E-state index in [4.69, 9.17) is 23.1 Å². The van der Waals surface area contributed by atoms with Crippen molar-refractivity contribution in [3.63, 3.8) is 0 Å². The first-order valence-electron chi connectivity index (χ1n) is 15.4. The van der Waals surface area contributed by atoms with Crippen LogP contribution in [-0.4, -0.2) is 36.9 Å². The number of methoxy groups -OCH3 is 1. The molecule has 1 aliphatic heterocycles. The molecular formula is C39H36O5Si. The summed E-state index contributed by atoms with van der Waals surface area (Å²) in [6, 6.07) is 33.8. The Bertz CT molecular complexity index is 1880. The van der Waals surface area contributed by atoms with Gasteiger partial charge in [-0.25, -0.2) is 0 Å². The van der Waals surface area contributed by atoms with Crippen molar-refractivity contribution in [2.45, 2.75) is 31.8 Å². The minimum absolute atomic E-state index is 0.0328. The predicted octanol–water partition coefficient (Wildman–Crippen LogP) is 8.47. The van der Waals surface area contributed by atoms with Crippen LogP contribution in [0, 0.1) is 0 Å². The molecule has 226 valence electrons. The van der Waals surface area contributed by atoms with E-state index in [0.29, 0.717) is 19.8 Å². The molecule has 1 aliphatic carbocycles. The second-order valence-electron chi connectivity index (χ2n) is 11.8. The quantitative estimate of drug-likeness (QED) is 0.117. The van der Waals surface area contributed by atoms with Gasteiger partial charge in [0.2, 0.25) is 0 Å². The van der Waals surface area contributed by atoms with Crippen LogP contribution in [0.2, 0.25) is 0 Å². The first kappa shape index (κ1) is 29.4. The van der Waals surface area contributed by atoms with Crippen molar-refractivity contribution in [3.05, 3.63) is 131 Å². The number of benzene rings is 5. The molecule has 0 spiro atoms. The highest BCUT2D eigenvalue weighted by Crippen LogP contribution is 2.58. The van der Waals surface area contributed by atoms with Crippen LogP contribution in [0.5, 0.6) is 17.2 Å². The molecule has 1 heterocycles. The molecule has 0 fully saturated rings. The summed E-state index contributed by atoms with van der Waals surface area (Å²) in [7, 11) is 1.72. The SMILES string of the molecule is CCO[Si]OCCOc1ccc(C2(c3ccc(OC)cc3)C=Cc3c4c(c5ccccc5c3O2)-c2ccccc2C4(C)C)cc1. The number of hydrogen-bond donors (Lipinski definition) is 0. The summed E-state index contributed by atoms with van der Waals surface area (Å²) in [6.07, 6.45) is 4.49. The van der Waals surface area contributed by atoms with Gasteiger partial charge in [0, 0.05) is 34.1 Å². The zero-order chi connectivity index (χ0) is 31.0. The second-order valence-corrected chi connectivity index (χ2v) is 12.6. The highest BCUT2D eigenvalue weighted by Gasteiger charge is 2.44. The van der Waals surface area contributed by atoms with Crippen LogP contribution in [0.4, 0.5) is 0 Å². The Morgan fingerprint density at radius 1 is 0.733 bits per heavy atom. The summed E-state index contributed by atoms with van der Waals surface area (Å²) >= 11 is 0. The van der Waals surface area contributed by atoms with Crippen molar-refractivity contribution in [1.29, 1.82) is 0 Å². The second kappa shape index (κ2) is 11.9. The van der Waals surface area contributed by atoms with Crippen LogP contribution in [0.1, 0.15) is 48.6 Å². The predicted molar refractivity (Wildman–Crippen MR) is 180 cm³/mol. The molecule has 2 radical (unpaired) electrons. The Labute approximate surface area is 267 Å². The summed E-state index contributed by atoms with van der Waals surface area (Å²) in [6.45, 7) is 8.16. The molecule has 5 aromatic rings. The topological polar surface area (TPSA) is 46.2 Å². The Balaban J connectivity index is 1.34. The van der Waals surface area contributed by atoms with Gasteiger partial charge in [-0.3, -0.25) is 0 Å². The maximum Gasteiger partial charge on any atom is 0.433 e. The van der Waals surface area contributed by atoms with E-state index in [1.54, 1.807) is 7.11 Å². The Morgan fingerprint density at radius 3 is 2.11 bits per heavy atom. The van der Waals surface area contributed by atoms with Crippen molar-refractivity contribution in [2.24, 2.45) is 0 Å². The standard InChI is InChI=1S/C39H36O5Si/c1-5-42-45-43-25-24-41-29-20-16-27(17-21-29)39(26-14-18-28(40-4)19-15-26)23-22-33-36-35(30-10-6-7-11-31(30)37(33)44-39)32-12-8-9-13-34(32)38(36,2)3/h6-23H,5,24-25H2,1-4H3. The fourth-order valence-corrected chi connectivity index (χ4v) is 7.23. The third kappa shape index (κ3) is 4.94. The van der Waals surface area contributed by atoms with Gasteiger partial charge in [-0.1, -0.05) is 92.7 Å². The molecular weight excluding hydrogens is 577 g/mol. The summed E-state index contributed by atoms with van der Waals surface area (Å²) in [4.78, 5) is 0. The molecule has 0 bridgehead atoms. The van der Waals surface area contributed by atoms with Gasteiger partial charge < -0.3 is 23.1 Å². The van der Waals surface area contributed by atoms with Gasteiger partial charge in [-0.05, 0) is 64.9 Å². The molecule has 2 aliphatic rings. The molecule has 5 aromatic carbocycles. The minimum atomic E-state index is -0.869. The lowest BCUT2D eigenvalue weighted by atomic mass is 9.77. The molecule has 0 saturated carbocycles. The van der Waals surface area contributed by atoms with Gasteiger partial charge in [-0.2, -0.15) is 0 Å². The van der Waals surface area contributed by atoms with Crippen LogP contribution in [0.15, 0.2) is 103 Å². The fraction of sp³-hybridized carbons (Fsp3) is 0.231. The Morgan fingerprint density at radius 2 is 1.40 bits per heavy atom. The highest BCUT2D eigenvalue weighted by atomic mass is 28.3.